The number of amides is 1. The molecule has 19 heavy (non-hydrogen) atoms. The first-order chi connectivity index (χ1) is 9.16. The van der Waals surface area contributed by atoms with Crippen LogP contribution in [0.1, 0.15) is 56.3 Å². The van der Waals surface area contributed by atoms with Gasteiger partial charge in [0.2, 0.25) is 0 Å². The van der Waals surface area contributed by atoms with E-state index in [0.29, 0.717) is 17.4 Å². The molecule has 1 amide bonds. The Balaban J connectivity index is 2.05. The smallest absolute Gasteiger partial charge is 0.255 e. The number of hydrogen-bond acceptors (Lipinski definition) is 3. The number of carbonyl (C=O) groups is 1. The van der Waals surface area contributed by atoms with Crippen molar-refractivity contribution >= 4 is 11.7 Å². The lowest BCUT2D eigenvalue weighted by atomic mass is 9.95. The van der Waals surface area contributed by atoms with Crippen molar-refractivity contribution < 1.29 is 4.79 Å². The van der Waals surface area contributed by atoms with E-state index in [-0.39, 0.29) is 11.9 Å². The summed E-state index contributed by atoms with van der Waals surface area (Å²) in [5.41, 5.74) is 0.641. The van der Waals surface area contributed by atoms with Crippen molar-refractivity contribution in [2.45, 2.75) is 58.0 Å². The molecule has 0 saturated heterocycles. The summed E-state index contributed by atoms with van der Waals surface area (Å²) < 4.78 is 0. The highest BCUT2D eigenvalue weighted by Crippen LogP contribution is 2.19. The minimum Gasteiger partial charge on any atom is -0.367 e. The second-order valence-electron chi connectivity index (χ2n) is 5.51. The van der Waals surface area contributed by atoms with Gasteiger partial charge in [0.15, 0.2) is 0 Å². The van der Waals surface area contributed by atoms with E-state index in [1.54, 1.807) is 12.3 Å². The second-order valence-corrected chi connectivity index (χ2v) is 5.51. The van der Waals surface area contributed by atoms with Crippen molar-refractivity contribution in [3.05, 3.63) is 23.9 Å². The molecule has 0 aromatic carbocycles. The molecular formula is C15H23N3O. The highest BCUT2D eigenvalue weighted by molar-refractivity contribution is 5.98. The maximum Gasteiger partial charge on any atom is 0.255 e. The van der Waals surface area contributed by atoms with Crippen molar-refractivity contribution in [2.24, 2.45) is 0 Å². The van der Waals surface area contributed by atoms with Crippen LogP contribution in [-0.2, 0) is 0 Å². The van der Waals surface area contributed by atoms with E-state index in [1.165, 1.54) is 19.3 Å². The monoisotopic (exact) mass is 261 g/mol. The topological polar surface area (TPSA) is 54.0 Å². The Bertz CT molecular complexity index is 425. The Morgan fingerprint density at radius 3 is 2.74 bits per heavy atom. The first-order valence-corrected chi connectivity index (χ1v) is 7.19. The molecule has 0 bridgehead atoms. The lowest BCUT2D eigenvalue weighted by Gasteiger charge is -2.23. The van der Waals surface area contributed by atoms with Crippen LogP contribution in [0.25, 0.3) is 0 Å². The fraction of sp³-hybridized carbons (Fsp3) is 0.600. The molecule has 1 aromatic heterocycles. The predicted molar refractivity (Wildman–Crippen MR) is 77.3 cm³/mol. The number of carbonyl (C=O) groups excluding carboxylic acids is 1. The van der Waals surface area contributed by atoms with Crippen molar-refractivity contribution in [3.63, 3.8) is 0 Å². The summed E-state index contributed by atoms with van der Waals surface area (Å²) in [4.78, 5) is 16.6. The van der Waals surface area contributed by atoms with Crippen molar-refractivity contribution in [2.75, 3.05) is 5.32 Å². The van der Waals surface area contributed by atoms with Crippen LogP contribution in [0.3, 0.4) is 0 Å². The fourth-order valence-corrected chi connectivity index (χ4v) is 2.49. The minimum atomic E-state index is -0.0110. The fourth-order valence-electron chi connectivity index (χ4n) is 2.49. The standard InChI is InChI=1S/C15H23N3O/c1-11(2)17-14-13(9-6-10-16-14)15(19)18-12-7-4-3-5-8-12/h6,9-12H,3-5,7-8H2,1-2H3,(H,16,17)(H,18,19). The Kier molecular flexibility index (Phi) is 4.77. The third kappa shape index (κ3) is 3.94. The molecule has 4 nitrogen and oxygen atoms in total. The molecule has 1 fully saturated rings. The zero-order chi connectivity index (χ0) is 13.7. The molecule has 1 heterocycles. The molecule has 0 spiro atoms. The summed E-state index contributed by atoms with van der Waals surface area (Å²) in [5.74, 6) is 0.661. The first-order valence-electron chi connectivity index (χ1n) is 7.19. The average Bonchev–Trinajstić information content (AvgIpc) is 2.39. The Morgan fingerprint density at radius 2 is 2.05 bits per heavy atom. The van der Waals surface area contributed by atoms with Crippen LogP contribution in [0.2, 0.25) is 0 Å². The van der Waals surface area contributed by atoms with Gasteiger partial charge in [0.05, 0.1) is 5.56 Å². The third-order valence-electron chi connectivity index (χ3n) is 3.42. The Hall–Kier alpha value is -1.58. The predicted octanol–water partition coefficient (Wildman–Crippen LogP) is 2.96. The van der Waals surface area contributed by atoms with Crippen LogP contribution in [0.4, 0.5) is 5.82 Å². The summed E-state index contributed by atoms with van der Waals surface area (Å²) in [6.07, 6.45) is 7.63. The number of aromatic nitrogens is 1. The lowest BCUT2D eigenvalue weighted by molar-refractivity contribution is 0.0928. The van der Waals surface area contributed by atoms with Gasteiger partial charge in [-0.2, -0.15) is 0 Å². The van der Waals surface area contributed by atoms with Crippen LogP contribution in [0.5, 0.6) is 0 Å². The number of rotatable bonds is 4. The van der Waals surface area contributed by atoms with Crippen LogP contribution in [0.15, 0.2) is 18.3 Å². The summed E-state index contributed by atoms with van der Waals surface area (Å²) in [7, 11) is 0. The average molecular weight is 261 g/mol. The summed E-state index contributed by atoms with van der Waals surface area (Å²) in [6.45, 7) is 4.08. The van der Waals surface area contributed by atoms with E-state index in [0.717, 1.165) is 12.8 Å². The molecular weight excluding hydrogens is 238 g/mol. The highest BCUT2D eigenvalue weighted by atomic mass is 16.1. The highest BCUT2D eigenvalue weighted by Gasteiger charge is 2.19. The molecule has 0 unspecified atom stereocenters. The zero-order valence-electron chi connectivity index (χ0n) is 11.8. The molecule has 1 aliphatic rings. The number of nitrogens with one attached hydrogen (secondary N) is 2. The maximum atomic E-state index is 12.3. The van der Waals surface area contributed by atoms with Crippen molar-refractivity contribution in [1.82, 2.24) is 10.3 Å². The molecule has 2 N–H and O–H groups in total. The van der Waals surface area contributed by atoms with Crippen LogP contribution < -0.4 is 10.6 Å². The molecule has 4 heteroatoms. The van der Waals surface area contributed by atoms with Crippen molar-refractivity contribution in [1.29, 1.82) is 0 Å². The van der Waals surface area contributed by atoms with Crippen LogP contribution in [-0.4, -0.2) is 23.0 Å². The summed E-state index contributed by atoms with van der Waals surface area (Å²) >= 11 is 0. The van der Waals surface area contributed by atoms with Gasteiger partial charge in [-0.3, -0.25) is 4.79 Å². The van der Waals surface area contributed by atoms with Crippen LogP contribution in [0, 0.1) is 0 Å². The Morgan fingerprint density at radius 1 is 1.32 bits per heavy atom. The molecule has 1 saturated carbocycles. The largest absolute Gasteiger partial charge is 0.367 e. The summed E-state index contributed by atoms with van der Waals surface area (Å²) in [6, 6.07) is 4.22. The third-order valence-corrected chi connectivity index (χ3v) is 3.42. The van der Waals surface area contributed by atoms with E-state index < -0.39 is 0 Å². The number of anilines is 1. The van der Waals surface area contributed by atoms with E-state index in [2.05, 4.69) is 15.6 Å². The maximum absolute atomic E-state index is 12.3. The molecule has 1 aromatic rings. The molecule has 0 atom stereocenters. The lowest BCUT2D eigenvalue weighted by Crippen LogP contribution is -2.36. The zero-order valence-corrected chi connectivity index (χ0v) is 11.8. The van der Waals surface area contributed by atoms with E-state index in [4.69, 9.17) is 0 Å². The van der Waals surface area contributed by atoms with Gasteiger partial charge in [-0.1, -0.05) is 19.3 Å². The molecule has 0 aliphatic heterocycles. The van der Waals surface area contributed by atoms with Gasteiger partial charge in [-0.05, 0) is 38.8 Å². The van der Waals surface area contributed by atoms with Crippen molar-refractivity contribution in [3.8, 4) is 0 Å². The van der Waals surface area contributed by atoms with Gasteiger partial charge in [0, 0.05) is 18.3 Å². The molecule has 104 valence electrons. The van der Waals surface area contributed by atoms with Gasteiger partial charge in [0.25, 0.3) is 5.91 Å². The Labute approximate surface area is 115 Å². The number of hydrogen-bond donors (Lipinski definition) is 2. The SMILES string of the molecule is CC(C)Nc1ncccc1C(=O)NC1CCCCC1. The molecule has 0 radical (unpaired) electrons. The number of nitrogens with zero attached hydrogens (tertiary/aromatic N) is 1. The first kappa shape index (κ1) is 13.8. The van der Waals surface area contributed by atoms with Gasteiger partial charge in [-0.25, -0.2) is 4.98 Å². The van der Waals surface area contributed by atoms with Gasteiger partial charge in [-0.15, -0.1) is 0 Å². The minimum absolute atomic E-state index is 0.0110. The second kappa shape index (κ2) is 6.55. The number of pyridine rings is 1. The summed E-state index contributed by atoms with van der Waals surface area (Å²) in [5, 5.41) is 6.35. The van der Waals surface area contributed by atoms with Crippen LogP contribution >= 0.6 is 0 Å². The quantitative estimate of drug-likeness (QED) is 0.876. The molecule has 1 aliphatic carbocycles. The van der Waals surface area contributed by atoms with Gasteiger partial charge < -0.3 is 10.6 Å². The van der Waals surface area contributed by atoms with E-state index >= 15 is 0 Å². The van der Waals surface area contributed by atoms with Gasteiger partial charge >= 0.3 is 0 Å². The normalized spacial score (nSPS) is 16.4. The molecule has 2 rings (SSSR count). The van der Waals surface area contributed by atoms with E-state index in [1.807, 2.05) is 19.9 Å². The van der Waals surface area contributed by atoms with Gasteiger partial charge in [0.1, 0.15) is 5.82 Å². The van der Waals surface area contributed by atoms with E-state index in [9.17, 15) is 4.79 Å².